The van der Waals surface area contributed by atoms with Crippen LogP contribution in [0.15, 0.2) is 73.3 Å². The van der Waals surface area contributed by atoms with Crippen LogP contribution >= 0.6 is 0 Å². The number of benzene rings is 2. The molecule has 11 nitrogen and oxygen atoms in total. The van der Waals surface area contributed by atoms with E-state index in [1.165, 1.54) is 17.3 Å². The highest BCUT2D eigenvalue weighted by Gasteiger charge is 2.38. The number of hydrogen-bond donors (Lipinski definition) is 3. The Labute approximate surface area is 282 Å². The van der Waals surface area contributed by atoms with E-state index in [0.29, 0.717) is 48.9 Å². The van der Waals surface area contributed by atoms with Crippen molar-refractivity contribution in [2.24, 2.45) is 5.41 Å². The fourth-order valence-corrected chi connectivity index (χ4v) is 5.61. The number of piperazine rings is 1. The van der Waals surface area contributed by atoms with Crippen molar-refractivity contribution < 1.29 is 32.6 Å². The number of alkyl halides is 3. The summed E-state index contributed by atoms with van der Waals surface area (Å²) in [5, 5.41) is 15.5. The minimum atomic E-state index is -4.68. The average Bonchev–Trinajstić information content (AvgIpc) is 3.05. The van der Waals surface area contributed by atoms with Crippen LogP contribution in [0.5, 0.6) is 5.75 Å². The van der Waals surface area contributed by atoms with E-state index in [9.17, 15) is 27.9 Å². The molecule has 3 N–H and O–H groups in total. The smallest absolute Gasteiger partial charge is 0.416 e. The lowest BCUT2D eigenvalue weighted by molar-refractivity contribution is -0.137. The lowest BCUT2D eigenvalue weighted by Gasteiger charge is -2.45. The summed E-state index contributed by atoms with van der Waals surface area (Å²) in [5.74, 6) is -0.172. The predicted molar refractivity (Wildman–Crippen MR) is 179 cm³/mol. The number of hydrogen-bond acceptors (Lipinski definition) is 8. The number of ether oxygens (including phenoxy) is 1. The molecule has 5 rings (SSSR count). The molecule has 2 aromatic heterocycles. The van der Waals surface area contributed by atoms with Gasteiger partial charge in [-0.2, -0.15) is 13.2 Å². The number of amides is 2. The first-order valence-corrected chi connectivity index (χ1v) is 15.7. The Morgan fingerprint density at radius 3 is 2.51 bits per heavy atom. The first-order chi connectivity index (χ1) is 23.2. The molecule has 0 radical (unpaired) electrons. The quantitative estimate of drug-likeness (QED) is 0.172. The number of aryl methyl sites for hydroxylation is 1. The maximum Gasteiger partial charge on any atom is 0.416 e. The van der Waals surface area contributed by atoms with Gasteiger partial charge in [0.1, 0.15) is 24.5 Å². The van der Waals surface area contributed by atoms with Crippen molar-refractivity contribution in [3.8, 4) is 17.0 Å². The Morgan fingerprint density at radius 1 is 1.02 bits per heavy atom. The van der Waals surface area contributed by atoms with Crippen LogP contribution in [0.4, 0.5) is 35.2 Å². The van der Waals surface area contributed by atoms with Crippen molar-refractivity contribution in [2.75, 3.05) is 43.4 Å². The van der Waals surface area contributed by atoms with Crippen molar-refractivity contribution in [3.05, 3.63) is 90.0 Å². The van der Waals surface area contributed by atoms with E-state index in [1.54, 1.807) is 42.7 Å². The van der Waals surface area contributed by atoms with Crippen LogP contribution in [0.25, 0.3) is 11.3 Å². The second kappa shape index (κ2) is 14.5. The Kier molecular flexibility index (Phi) is 10.4. The number of aromatic nitrogens is 3. The zero-order valence-corrected chi connectivity index (χ0v) is 27.6. The molecular formula is C35H38F3N7O4. The van der Waals surface area contributed by atoms with Gasteiger partial charge in [0.25, 0.3) is 5.91 Å². The molecule has 1 unspecified atom stereocenters. The van der Waals surface area contributed by atoms with Crippen molar-refractivity contribution in [2.45, 2.75) is 39.9 Å². The van der Waals surface area contributed by atoms with Gasteiger partial charge in [-0.1, -0.05) is 26.8 Å². The number of halogens is 3. The molecule has 0 bridgehead atoms. The van der Waals surface area contributed by atoms with Gasteiger partial charge in [0.05, 0.1) is 17.3 Å². The summed E-state index contributed by atoms with van der Waals surface area (Å²) in [6.07, 6.45) is -0.994. The topological polar surface area (TPSA) is 133 Å². The van der Waals surface area contributed by atoms with E-state index >= 15 is 0 Å². The summed E-state index contributed by atoms with van der Waals surface area (Å²) in [6, 6.07) is 13.1. The molecule has 4 aromatic rings. The van der Waals surface area contributed by atoms with Gasteiger partial charge in [0.15, 0.2) is 0 Å². The van der Waals surface area contributed by atoms with Gasteiger partial charge in [0.2, 0.25) is 0 Å². The molecule has 1 aliphatic heterocycles. The number of nitrogens with zero attached hydrogens (tertiary/aromatic N) is 5. The number of pyridine rings is 1. The first kappa shape index (κ1) is 35.1. The summed E-state index contributed by atoms with van der Waals surface area (Å²) >= 11 is 0. The normalized spacial score (nSPS) is 15.5. The van der Waals surface area contributed by atoms with Gasteiger partial charge in [0, 0.05) is 67.1 Å². The number of carbonyl (C=O) groups is 2. The zero-order valence-electron chi connectivity index (χ0n) is 27.6. The molecule has 0 saturated carbocycles. The first-order valence-electron chi connectivity index (χ1n) is 15.7. The molecule has 0 spiro atoms. The number of carbonyl (C=O) groups excluding carboxylic acids is 1. The Bertz CT molecular complexity index is 1800. The second-order valence-corrected chi connectivity index (χ2v) is 12.9. The molecule has 3 heterocycles. The molecule has 1 atom stereocenters. The number of anilines is 3. The van der Waals surface area contributed by atoms with Gasteiger partial charge < -0.3 is 25.4 Å². The molecular weight excluding hydrogens is 639 g/mol. The zero-order chi connectivity index (χ0) is 35.3. The lowest BCUT2D eigenvalue weighted by Crippen LogP contribution is -2.59. The van der Waals surface area contributed by atoms with Crippen molar-refractivity contribution in [3.63, 3.8) is 0 Å². The van der Waals surface area contributed by atoms with Crippen LogP contribution in [0, 0.1) is 12.3 Å². The fraction of sp³-hybridized carbons (Fsp3) is 0.343. The molecule has 2 aromatic carbocycles. The van der Waals surface area contributed by atoms with Crippen molar-refractivity contribution in [1.82, 2.24) is 24.8 Å². The predicted octanol–water partition coefficient (Wildman–Crippen LogP) is 6.95. The second-order valence-electron chi connectivity index (χ2n) is 12.9. The maximum atomic E-state index is 13.9. The minimum Gasteiger partial charge on any atom is -0.492 e. The van der Waals surface area contributed by atoms with Crippen molar-refractivity contribution >= 4 is 29.2 Å². The Morgan fingerprint density at radius 2 is 1.82 bits per heavy atom. The third kappa shape index (κ3) is 8.82. The fourth-order valence-electron chi connectivity index (χ4n) is 5.61. The highest BCUT2D eigenvalue weighted by Crippen LogP contribution is 2.35. The standard InChI is InChI=1S/C35H38F3N7O4/c1-22-7-8-23(16-29(22)43-31-27(6-5-10-40-31)28-9-11-39-21-41-28)32(46)42-25-17-24(35(36,37)38)18-26(19-25)49-15-14-44-12-13-45(33(47)48)30(20-44)34(2,3)4/h5-11,16-19,21,30H,12-15,20H2,1-4H3,(H,40,43)(H,42,46)(H,47,48). The van der Waals surface area contributed by atoms with Gasteiger partial charge in [-0.3, -0.25) is 9.69 Å². The third-order valence-corrected chi connectivity index (χ3v) is 8.30. The molecule has 258 valence electrons. The average molecular weight is 678 g/mol. The SMILES string of the molecule is Cc1ccc(C(=O)Nc2cc(OCCN3CCN(C(=O)O)C(C(C)(C)C)C3)cc(C(F)(F)F)c2)cc1Nc1ncccc1-c1ccncn1. The molecule has 1 saturated heterocycles. The molecule has 1 fully saturated rings. The van der Waals surface area contributed by atoms with Gasteiger partial charge in [-0.25, -0.2) is 19.7 Å². The van der Waals surface area contributed by atoms with Gasteiger partial charge in [-0.05, 0) is 60.4 Å². The van der Waals surface area contributed by atoms with E-state index in [1.807, 2.05) is 38.7 Å². The largest absolute Gasteiger partial charge is 0.492 e. The van der Waals surface area contributed by atoms with E-state index in [2.05, 4.69) is 25.6 Å². The van der Waals surface area contributed by atoms with E-state index in [4.69, 9.17) is 4.74 Å². The van der Waals surface area contributed by atoms with E-state index in [0.717, 1.165) is 17.7 Å². The lowest BCUT2D eigenvalue weighted by atomic mass is 9.84. The molecule has 2 amide bonds. The van der Waals surface area contributed by atoms with Crippen LogP contribution < -0.4 is 15.4 Å². The summed E-state index contributed by atoms with van der Waals surface area (Å²) in [6.45, 7) is 9.47. The molecule has 1 aliphatic rings. The van der Waals surface area contributed by atoms with Crippen LogP contribution in [0.1, 0.15) is 42.3 Å². The summed E-state index contributed by atoms with van der Waals surface area (Å²) in [4.78, 5) is 41.2. The third-order valence-electron chi connectivity index (χ3n) is 8.30. The highest BCUT2D eigenvalue weighted by atomic mass is 19.4. The minimum absolute atomic E-state index is 0.0552. The number of carboxylic acid groups (broad SMARTS) is 1. The van der Waals surface area contributed by atoms with Crippen LogP contribution in [0.2, 0.25) is 0 Å². The molecule has 0 aliphatic carbocycles. The summed E-state index contributed by atoms with van der Waals surface area (Å²) < 4.78 is 47.4. The van der Waals surface area contributed by atoms with Crippen LogP contribution in [-0.4, -0.2) is 80.7 Å². The van der Waals surface area contributed by atoms with E-state index in [-0.39, 0.29) is 35.1 Å². The Hall–Kier alpha value is -5.24. The number of rotatable bonds is 9. The van der Waals surface area contributed by atoms with Crippen LogP contribution in [0.3, 0.4) is 0 Å². The van der Waals surface area contributed by atoms with Gasteiger partial charge >= 0.3 is 12.3 Å². The number of nitrogens with one attached hydrogen (secondary N) is 2. The summed E-state index contributed by atoms with van der Waals surface area (Å²) in [7, 11) is 0. The summed E-state index contributed by atoms with van der Waals surface area (Å²) in [5.41, 5.74) is 1.60. The highest BCUT2D eigenvalue weighted by molar-refractivity contribution is 6.05. The molecule has 14 heteroatoms. The molecule has 49 heavy (non-hydrogen) atoms. The van der Waals surface area contributed by atoms with Crippen molar-refractivity contribution in [1.29, 1.82) is 0 Å². The van der Waals surface area contributed by atoms with Crippen LogP contribution in [-0.2, 0) is 6.18 Å². The maximum absolute atomic E-state index is 13.9. The van der Waals surface area contributed by atoms with Gasteiger partial charge in [-0.15, -0.1) is 0 Å². The monoisotopic (exact) mass is 677 g/mol. The van der Waals surface area contributed by atoms with E-state index < -0.39 is 23.7 Å². The Balaban J connectivity index is 1.29.